The molecule has 186 valence electrons. The summed E-state index contributed by atoms with van der Waals surface area (Å²) >= 11 is 0. The van der Waals surface area contributed by atoms with Crippen LogP contribution in [0.5, 0.6) is 11.5 Å². The number of piperidine rings is 1. The number of benzene rings is 1. The van der Waals surface area contributed by atoms with E-state index in [1.54, 1.807) is 20.0 Å². The van der Waals surface area contributed by atoms with Crippen LogP contribution in [0.1, 0.15) is 44.9 Å². The molecule has 1 spiro atoms. The van der Waals surface area contributed by atoms with E-state index in [9.17, 15) is 17.9 Å². The Labute approximate surface area is 201 Å². The summed E-state index contributed by atoms with van der Waals surface area (Å²) in [7, 11) is -2.21. The van der Waals surface area contributed by atoms with E-state index in [2.05, 4.69) is 16.8 Å². The highest BCUT2D eigenvalue weighted by Crippen LogP contribution is 2.44. The van der Waals surface area contributed by atoms with Crippen molar-refractivity contribution in [2.24, 2.45) is 0 Å². The zero-order chi connectivity index (χ0) is 24.8. The van der Waals surface area contributed by atoms with E-state index in [4.69, 9.17) is 4.74 Å². The summed E-state index contributed by atoms with van der Waals surface area (Å²) in [6, 6.07) is 6.71. The Hall–Kier alpha value is -2.43. The minimum atomic E-state index is -3.78. The van der Waals surface area contributed by atoms with Gasteiger partial charge in [-0.05, 0) is 58.2 Å². The summed E-state index contributed by atoms with van der Waals surface area (Å²) in [4.78, 5) is 6.37. The van der Waals surface area contributed by atoms with Crippen LogP contribution in [0.3, 0.4) is 0 Å². The molecule has 0 bridgehead atoms. The molecule has 10 heteroatoms. The Morgan fingerprint density at radius 3 is 2.71 bits per heavy atom. The van der Waals surface area contributed by atoms with Crippen LogP contribution in [-0.2, 0) is 16.8 Å². The second-order valence-electron chi connectivity index (χ2n) is 9.76. The predicted octanol–water partition coefficient (Wildman–Crippen LogP) is 3.44. The van der Waals surface area contributed by atoms with Crippen molar-refractivity contribution in [3.8, 4) is 11.5 Å². The van der Waals surface area contributed by atoms with Crippen LogP contribution in [-0.4, -0.2) is 65.5 Å². The second-order valence-corrected chi connectivity index (χ2v) is 11.6. The van der Waals surface area contributed by atoms with Gasteiger partial charge in [-0.3, -0.25) is 9.88 Å². The highest BCUT2D eigenvalue weighted by Gasteiger charge is 2.55. The molecule has 0 aliphatic carbocycles. The maximum absolute atomic E-state index is 14.3. The molecule has 2 atom stereocenters. The average Bonchev–Trinajstić information content (AvgIpc) is 2.93. The number of likely N-dealkylation sites (N-methyl/N-ethyl adjacent to an activating group) is 1. The van der Waals surface area contributed by atoms with Crippen molar-refractivity contribution in [3.05, 3.63) is 47.5 Å². The van der Waals surface area contributed by atoms with Gasteiger partial charge in [-0.15, -0.1) is 0 Å². The first kappa shape index (κ1) is 24.7. The van der Waals surface area contributed by atoms with Gasteiger partial charge in [-0.2, -0.15) is 12.7 Å². The van der Waals surface area contributed by atoms with Crippen LogP contribution in [0.25, 0.3) is 0 Å². The smallest absolute Gasteiger partial charge is 0.304 e. The van der Waals surface area contributed by atoms with Crippen LogP contribution in [0.15, 0.2) is 30.5 Å². The highest BCUT2D eigenvalue weighted by molar-refractivity contribution is 7.90. The lowest BCUT2D eigenvalue weighted by atomic mass is 9.82. The van der Waals surface area contributed by atoms with Gasteiger partial charge in [-0.25, -0.2) is 8.70 Å². The normalized spacial score (nSPS) is 25.4. The lowest BCUT2D eigenvalue weighted by Gasteiger charge is -2.47. The number of nitrogens with zero attached hydrogens (tertiary/aromatic N) is 4. The Kier molecular flexibility index (Phi) is 6.52. The molecule has 3 heterocycles. The number of hydrogen-bond donors (Lipinski definition) is 1. The van der Waals surface area contributed by atoms with Gasteiger partial charge in [0.25, 0.3) is 0 Å². The molecule has 1 aromatic heterocycles. The van der Waals surface area contributed by atoms with E-state index < -0.39 is 21.6 Å². The molecule has 1 N–H and O–H groups in total. The number of ether oxygens (including phenoxy) is 1. The Morgan fingerprint density at radius 2 is 2.06 bits per heavy atom. The van der Waals surface area contributed by atoms with Gasteiger partial charge in [0.1, 0.15) is 5.82 Å². The number of hydrogen-bond acceptors (Lipinski definition) is 6. The lowest BCUT2D eigenvalue weighted by molar-refractivity contribution is 0.100. The zero-order valence-corrected chi connectivity index (χ0v) is 21.1. The molecule has 0 amide bonds. The number of aryl methyl sites for hydroxylation is 1. The first-order chi connectivity index (χ1) is 15.9. The van der Waals surface area contributed by atoms with Crippen LogP contribution < -0.4 is 9.04 Å². The number of aromatic nitrogens is 1. The Morgan fingerprint density at radius 1 is 1.32 bits per heavy atom. The molecule has 2 aromatic rings. The van der Waals surface area contributed by atoms with E-state index >= 15 is 0 Å². The van der Waals surface area contributed by atoms with Gasteiger partial charge in [0.05, 0.1) is 29.2 Å². The average molecular weight is 493 g/mol. The fourth-order valence-corrected chi connectivity index (χ4v) is 6.88. The lowest BCUT2D eigenvalue weighted by Crippen LogP contribution is -2.57. The van der Waals surface area contributed by atoms with E-state index in [1.807, 2.05) is 26.0 Å². The molecule has 2 saturated heterocycles. The maximum atomic E-state index is 14.3. The van der Waals surface area contributed by atoms with Crippen molar-refractivity contribution in [2.45, 2.75) is 64.8 Å². The number of pyridine rings is 1. The number of anilines is 1. The molecule has 2 aliphatic rings. The predicted molar refractivity (Wildman–Crippen MR) is 129 cm³/mol. The third-order valence-electron chi connectivity index (χ3n) is 6.75. The molecule has 8 nitrogen and oxygen atoms in total. The number of aromatic hydroxyl groups is 1. The minimum absolute atomic E-state index is 0.0525. The van der Waals surface area contributed by atoms with E-state index in [1.165, 1.54) is 20.9 Å². The molecule has 0 saturated carbocycles. The van der Waals surface area contributed by atoms with Crippen LogP contribution in [0.2, 0.25) is 0 Å². The van der Waals surface area contributed by atoms with Crippen molar-refractivity contribution in [1.82, 2.24) is 14.2 Å². The Balaban J connectivity index is 1.58. The molecular formula is C24H33FN4O4S. The Bertz CT molecular complexity index is 1180. The van der Waals surface area contributed by atoms with E-state index in [-0.39, 0.29) is 29.3 Å². The monoisotopic (exact) mass is 492 g/mol. The number of phenolic OH excluding ortho intramolecular Hbond substituents is 1. The number of rotatable bonds is 5. The molecule has 4 rings (SSSR count). The molecular weight excluding hydrogens is 459 g/mol. The summed E-state index contributed by atoms with van der Waals surface area (Å²) in [5, 5.41) is 10.1. The van der Waals surface area contributed by atoms with Gasteiger partial charge in [-0.1, -0.05) is 6.07 Å². The van der Waals surface area contributed by atoms with E-state index in [0.717, 1.165) is 5.56 Å². The molecule has 0 radical (unpaired) electrons. The topological polar surface area (TPSA) is 86.2 Å². The molecule has 34 heavy (non-hydrogen) atoms. The second kappa shape index (κ2) is 8.98. The fourth-order valence-electron chi connectivity index (χ4n) is 5.11. The van der Waals surface area contributed by atoms with Gasteiger partial charge < -0.3 is 9.84 Å². The van der Waals surface area contributed by atoms with Crippen molar-refractivity contribution >= 4 is 15.9 Å². The third-order valence-corrected chi connectivity index (χ3v) is 8.73. The molecule has 2 aliphatic heterocycles. The largest absolute Gasteiger partial charge is 0.504 e. The first-order valence-electron chi connectivity index (χ1n) is 11.5. The van der Waals surface area contributed by atoms with Gasteiger partial charge in [0.15, 0.2) is 11.5 Å². The summed E-state index contributed by atoms with van der Waals surface area (Å²) in [5.74, 6) is 0.0451. The summed E-state index contributed by atoms with van der Waals surface area (Å²) in [5.41, 5.74) is 0.838. The minimum Gasteiger partial charge on any atom is -0.504 e. The molecule has 2 fully saturated rings. The van der Waals surface area contributed by atoms with Crippen LogP contribution >= 0.6 is 0 Å². The summed E-state index contributed by atoms with van der Waals surface area (Å²) in [6.07, 6.45) is 2.59. The molecule has 1 aromatic carbocycles. The third kappa shape index (κ3) is 4.46. The number of likely N-dealkylation sites (tertiary alicyclic amines) is 1. The molecule has 0 unspecified atom stereocenters. The van der Waals surface area contributed by atoms with Crippen molar-refractivity contribution in [2.75, 3.05) is 24.4 Å². The van der Waals surface area contributed by atoms with Crippen molar-refractivity contribution < 1.29 is 22.7 Å². The van der Waals surface area contributed by atoms with Crippen molar-refractivity contribution in [3.63, 3.8) is 0 Å². The van der Waals surface area contributed by atoms with E-state index in [0.29, 0.717) is 38.2 Å². The van der Waals surface area contributed by atoms with Gasteiger partial charge in [0.2, 0.25) is 0 Å². The number of phenols is 1. The van der Waals surface area contributed by atoms with Gasteiger partial charge in [0, 0.05) is 38.8 Å². The number of halogens is 1. The van der Waals surface area contributed by atoms with Crippen LogP contribution in [0.4, 0.5) is 10.1 Å². The van der Waals surface area contributed by atoms with Gasteiger partial charge >= 0.3 is 10.2 Å². The standard InChI is InChI=1S/C24H33FN4O4S/c1-16(2)33-23-10-19(6-7-22(23)30)14-28-9-8-24(12-17(28)3)15-27(5)34(31,32)29(24)20-11-21(25)18(4)26-13-20/h6-7,10-11,13,16-17,30H,8-9,12,14-15H2,1-5H3/t17-,24+/m0/s1. The SMILES string of the molecule is Cc1ncc(N2[C@@]3(CCN(Cc4ccc(O)c(OC(C)C)c4)[C@@H](C)C3)CN(C)S2(=O)=O)cc1F. The quantitative estimate of drug-likeness (QED) is 0.688. The maximum Gasteiger partial charge on any atom is 0.304 e. The summed E-state index contributed by atoms with van der Waals surface area (Å²) < 4.78 is 49.3. The van der Waals surface area contributed by atoms with Crippen molar-refractivity contribution in [1.29, 1.82) is 0 Å². The zero-order valence-electron chi connectivity index (χ0n) is 20.3. The van der Waals surface area contributed by atoms with Crippen LogP contribution in [0, 0.1) is 12.7 Å². The fraction of sp³-hybridized carbons (Fsp3) is 0.542. The first-order valence-corrected chi connectivity index (χ1v) is 12.9. The highest BCUT2D eigenvalue weighted by atomic mass is 32.2. The summed E-state index contributed by atoms with van der Waals surface area (Å²) in [6.45, 7) is 9.12.